The molecule has 1 amide bonds. The Labute approximate surface area is 152 Å². The molecule has 7 heteroatoms. The van der Waals surface area contributed by atoms with Crippen LogP contribution in [0.15, 0.2) is 46.9 Å². The Hall–Kier alpha value is -2.36. The number of anilines is 1. The molecule has 2 aromatic carbocycles. The number of hydrogen-bond donors (Lipinski definition) is 1. The third-order valence-corrected chi connectivity index (χ3v) is 3.91. The average molecular weight is 408 g/mol. The van der Waals surface area contributed by atoms with E-state index in [-0.39, 0.29) is 10.6 Å². The quantitative estimate of drug-likeness (QED) is 0.772. The summed E-state index contributed by atoms with van der Waals surface area (Å²) in [6, 6.07) is 13.1. The maximum atomic E-state index is 12.1. The Morgan fingerprint density at radius 2 is 1.92 bits per heavy atom. The van der Waals surface area contributed by atoms with E-state index in [4.69, 9.17) is 21.6 Å². The fourth-order valence-corrected chi connectivity index (χ4v) is 2.36. The van der Waals surface area contributed by atoms with Crippen LogP contribution < -0.4 is 5.32 Å². The molecule has 0 aliphatic carbocycles. The zero-order chi connectivity index (χ0) is 17.7. The highest BCUT2D eigenvalue weighted by Crippen LogP contribution is 2.22. The van der Waals surface area contributed by atoms with Crippen molar-refractivity contribution in [3.05, 3.63) is 63.1 Å². The number of nitrogens with zero attached hydrogens (tertiary/aromatic N) is 1. The van der Waals surface area contributed by atoms with Crippen LogP contribution in [-0.4, -0.2) is 18.0 Å². The molecular weight excluding hydrogens is 396 g/mol. The predicted molar refractivity (Wildman–Crippen MR) is 93.8 cm³/mol. The molecule has 2 aromatic rings. The number of nitriles is 1. The second-order valence-corrected chi connectivity index (χ2v) is 6.17. The smallest absolute Gasteiger partial charge is 0.340 e. The van der Waals surface area contributed by atoms with Crippen molar-refractivity contribution in [2.45, 2.75) is 13.0 Å². The Bertz CT molecular complexity index is 816. The number of ether oxygens (including phenoxy) is 1. The summed E-state index contributed by atoms with van der Waals surface area (Å²) >= 11 is 9.21. The first-order chi connectivity index (χ1) is 11.4. The van der Waals surface area contributed by atoms with Gasteiger partial charge < -0.3 is 10.1 Å². The van der Waals surface area contributed by atoms with Crippen LogP contribution in [0.25, 0.3) is 0 Å². The van der Waals surface area contributed by atoms with Crippen molar-refractivity contribution < 1.29 is 14.3 Å². The molecule has 0 aromatic heterocycles. The second kappa shape index (κ2) is 7.95. The number of esters is 1. The van der Waals surface area contributed by atoms with Gasteiger partial charge in [0.2, 0.25) is 0 Å². The summed E-state index contributed by atoms with van der Waals surface area (Å²) in [5, 5.41) is 11.6. The Morgan fingerprint density at radius 1 is 1.25 bits per heavy atom. The number of carbonyl (C=O) groups is 2. The van der Waals surface area contributed by atoms with Gasteiger partial charge in [0, 0.05) is 10.2 Å². The monoisotopic (exact) mass is 406 g/mol. The van der Waals surface area contributed by atoms with Crippen LogP contribution in [0.1, 0.15) is 22.8 Å². The van der Waals surface area contributed by atoms with Crippen molar-refractivity contribution >= 4 is 45.1 Å². The van der Waals surface area contributed by atoms with Gasteiger partial charge in [-0.1, -0.05) is 27.5 Å². The number of hydrogen-bond acceptors (Lipinski definition) is 4. The molecule has 0 bridgehead atoms. The van der Waals surface area contributed by atoms with E-state index in [0.29, 0.717) is 15.7 Å². The Balaban J connectivity index is 2.01. The van der Waals surface area contributed by atoms with Gasteiger partial charge in [-0.3, -0.25) is 4.79 Å². The molecule has 1 N–H and O–H groups in total. The fraction of sp³-hybridized carbons (Fsp3) is 0.118. The first-order valence-electron chi connectivity index (χ1n) is 6.88. The molecule has 0 spiro atoms. The summed E-state index contributed by atoms with van der Waals surface area (Å²) in [6.07, 6.45) is -1.01. The lowest BCUT2D eigenvalue weighted by atomic mass is 10.2. The number of benzene rings is 2. The van der Waals surface area contributed by atoms with Crippen LogP contribution in [0.5, 0.6) is 0 Å². The molecule has 0 heterocycles. The van der Waals surface area contributed by atoms with E-state index in [1.807, 2.05) is 6.07 Å². The number of nitrogens with one attached hydrogen (secondary N) is 1. The summed E-state index contributed by atoms with van der Waals surface area (Å²) in [5.41, 5.74) is 1.16. The van der Waals surface area contributed by atoms with E-state index in [2.05, 4.69) is 21.2 Å². The van der Waals surface area contributed by atoms with Crippen LogP contribution >= 0.6 is 27.5 Å². The summed E-state index contributed by atoms with van der Waals surface area (Å²) in [5.74, 6) is -1.18. The average Bonchev–Trinajstić information content (AvgIpc) is 2.57. The SMILES string of the molecule is C[C@H](OC(=O)c1cc(Br)ccc1Cl)C(=O)Nc1ccc(C#N)cc1. The molecule has 2 rings (SSSR count). The molecular formula is C17H12BrClN2O3. The summed E-state index contributed by atoms with van der Waals surface area (Å²) in [7, 11) is 0. The van der Waals surface area contributed by atoms with Gasteiger partial charge in [0.25, 0.3) is 5.91 Å². The van der Waals surface area contributed by atoms with Gasteiger partial charge in [-0.15, -0.1) is 0 Å². The molecule has 0 radical (unpaired) electrons. The van der Waals surface area contributed by atoms with E-state index >= 15 is 0 Å². The van der Waals surface area contributed by atoms with Crippen molar-refractivity contribution in [2.75, 3.05) is 5.32 Å². The van der Waals surface area contributed by atoms with Crippen molar-refractivity contribution in [3.8, 4) is 6.07 Å². The third-order valence-electron chi connectivity index (χ3n) is 3.08. The third kappa shape index (κ3) is 4.57. The number of halogens is 2. The second-order valence-electron chi connectivity index (χ2n) is 4.85. The highest BCUT2D eigenvalue weighted by atomic mass is 79.9. The highest BCUT2D eigenvalue weighted by Gasteiger charge is 2.21. The van der Waals surface area contributed by atoms with Gasteiger partial charge in [-0.05, 0) is 49.4 Å². The molecule has 0 saturated heterocycles. The molecule has 0 aliphatic rings. The molecule has 122 valence electrons. The minimum atomic E-state index is -1.01. The number of amides is 1. The molecule has 24 heavy (non-hydrogen) atoms. The Kier molecular flexibility index (Phi) is 5.96. The molecule has 0 saturated carbocycles. The minimum Gasteiger partial charge on any atom is -0.449 e. The van der Waals surface area contributed by atoms with Gasteiger partial charge in [0.05, 0.1) is 22.2 Å². The fourth-order valence-electron chi connectivity index (χ4n) is 1.80. The normalized spacial score (nSPS) is 11.2. The maximum Gasteiger partial charge on any atom is 0.340 e. The minimum absolute atomic E-state index is 0.170. The summed E-state index contributed by atoms with van der Waals surface area (Å²) < 4.78 is 5.82. The highest BCUT2D eigenvalue weighted by molar-refractivity contribution is 9.10. The van der Waals surface area contributed by atoms with Gasteiger partial charge in [-0.2, -0.15) is 5.26 Å². The standard InChI is InChI=1S/C17H12BrClN2O3/c1-10(16(22)21-13-5-2-11(9-20)3-6-13)24-17(23)14-8-12(18)4-7-15(14)19/h2-8,10H,1H3,(H,21,22)/t10-/m0/s1. The van der Waals surface area contributed by atoms with E-state index < -0.39 is 18.0 Å². The van der Waals surface area contributed by atoms with E-state index in [0.717, 1.165) is 0 Å². The first-order valence-corrected chi connectivity index (χ1v) is 8.05. The summed E-state index contributed by atoms with van der Waals surface area (Å²) in [4.78, 5) is 24.2. The molecule has 1 atom stereocenters. The van der Waals surface area contributed by atoms with Gasteiger partial charge in [-0.25, -0.2) is 4.79 Å². The number of rotatable bonds is 4. The lowest BCUT2D eigenvalue weighted by Gasteiger charge is -2.14. The van der Waals surface area contributed by atoms with Gasteiger partial charge in [0.15, 0.2) is 6.10 Å². The van der Waals surface area contributed by atoms with E-state index in [1.54, 1.807) is 36.4 Å². The van der Waals surface area contributed by atoms with Crippen LogP contribution in [0.2, 0.25) is 5.02 Å². The number of carbonyl (C=O) groups excluding carboxylic acids is 2. The van der Waals surface area contributed by atoms with E-state index in [9.17, 15) is 9.59 Å². The van der Waals surface area contributed by atoms with Crippen LogP contribution in [0.4, 0.5) is 5.69 Å². The summed E-state index contributed by atoms with van der Waals surface area (Å²) in [6.45, 7) is 1.46. The lowest BCUT2D eigenvalue weighted by molar-refractivity contribution is -0.123. The Morgan fingerprint density at radius 3 is 2.54 bits per heavy atom. The zero-order valence-electron chi connectivity index (χ0n) is 12.5. The van der Waals surface area contributed by atoms with Gasteiger partial charge in [0.1, 0.15) is 0 Å². The van der Waals surface area contributed by atoms with Crippen molar-refractivity contribution in [1.82, 2.24) is 0 Å². The predicted octanol–water partition coefficient (Wildman–Crippen LogP) is 4.16. The maximum absolute atomic E-state index is 12.1. The molecule has 0 fully saturated rings. The van der Waals surface area contributed by atoms with Crippen molar-refractivity contribution in [3.63, 3.8) is 0 Å². The molecule has 0 unspecified atom stereocenters. The van der Waals surface area contributed by atoms with Crippen molar-refractivity contribution in [2.24, 2.45) is 0 Å². The van der Waals surface area contributed by atoms with Crippen molar-refractivity contribution in [1.29, 1.82) is 5.26 Å². The molecule has 5 nitrogen and oxygen atoms in total. The lowest BCUT2D eigenvalue weighted by Crippen LogP contribution is -2.30. The largest absolute Gasteiger partial charge is 0.449 e. The topological polar surface area (TPSA) is 79.2 Å². The van der Waals surface area contributed by atoms with Gasteiger partial charge >= 0.3 is 5.97 Å². The van der Waals surface area contributed by atoms with Crippen LogP contribution in [0.3, 0.4) is 0 Å². The molecule has 0 aliphatic heterocycles. The van der Waals surface area contributed by atoms with E-state index in [1.165, 1.54) is 13.0 Å². The van der Waals surface area contributed by atoms with Crippen LogP contribution in [0, 0.1) is 11.3 Å². The zero-order valence-corrected chi connectivity index (χ0v) is 14.9. The first kappa shape index (κ1) is 18.0. The van der Waals surface area contributed by atoms with Crippen LogP contribution in [-0.2, 0) is 9.53 Å².